The number of ether oxygens (including phenoxy) is 2. The molecule has 21 heavy (non-hydrogen) atoms. The summed E-state index contributed by atoms with van der Waals surface area (Å²) in [4.78, 5) is 37.8. The number of nitrogens with zero attached hydrogens (tertiary/aromatic N) is 1. The lowest BCUT2D eigenvalue weighted by molar-refractivity contribution is -0.157. The Balaban J connectivity index is 2.18. The molecule has 1 saturated carbocycles. The minimum atomic E-state index is -0.756. The molecule has 0 aromatic rings. The topological polar surface area (TPSA) is 72.9 Å². The molecule has 1 unspecified atom stereocenters. The number of ketones is 1. The van der Waals surface area contributed by atoms with E-state index >= 15 is 0 Å². The first-order valence-corrected chi connectivity index (χ1v) is 7.30. The average Bonchev–Trinajstić information content (AvgIpc) is 2.33. The number of piperidine rings is 1. The van der Waals surface area contributed by atoms with Crippen molar-refractivity contribution in [3.63, 3.8) is 0 Å². The fourth-order valence-electron chi connectivity index (χ4n) is 3.03. The Morgan fingerprint density at radius 1 is 1.29 bits per heavy atom. The number of methoxy groups -OCH3 is 1. The van der Waals surface area contributed by atoms with E-state index in [-0.39, 0.29) is 12.3 Å². The molecule has 1 saturated heterocycles. The molecule has 0 aromatic heterocycles. The van der Waals surface area contributed by atoms with Crippen molar-refractivity contribution in [2.45, 2.75) is 57.6 Å². The summed E-state index contributed by atoms with van der Waals surface area (Å²) in [5.74, 6) is -1.53. The molecule has 1 aliphatic heterocycles. The van der Waals surface area contributed by atoms with Crippen molar-refractivity contribution < 1.29 is 23.9 Å². The minimum Gasteiger partial charge on any atom is -0.468 e. The summed E-state index contributed by atoms with van der Waals surface area (Å²) in [7, 11) is 1.28. The monoisotopic (exact) mass is 297 g/mol. The number of carbonyl (C=O) groups is 3. The molecule has 6 nitrogen and oxygen atoms in total. The van der Waals surface area contributed by atoms with E-state index in [9.17, 15) is 14.4 Å². The van der Waals surface area contributed by atoms with Gasteiger partial charge < -0.3 is 9.47 Å². The third-order valence-corrected chi connectivity index (χ3v) is 4.24. The van der Waals surface area contributed by atoms with Crippen LogP contribution in [0.5, 0.6) is 0 Å². The van der Waals surface area contributed by atoms with E-state index in [4.69, 9.17) is 9.47 Å². The van der Waals surface area contributed by atoms with Crippen LogP contribution in [0.3, 0.4) is 0 Å². The molecule has 2 fully saturated rings. The van der Waals surface area contributed by atoms with Crippen LogP contribution in [0, 0.1) is 5.92 Å². The van der Waals surface area contributed by atoms with E-state index in [2.05, 4.69) is 0 Å². The molecule has 6 heteroatoms. The lowest BCUT2D eigenvalue weighted by atomic mass is 9.67. The third-order valence-electron chi connectivity index (χ3n) is 4.24. The van der Waals surface area contributed by atoms with Gasteiger partial charge in [-0.15, -0.1) is 0 Å². The van der Waals surface area contributed by atoms with E-state index in [0.717, 1.165) is 19.3 Å². The second-order valence-electron chi connectivity index (χ2n) is 6.89. The van der Waals surface area contributed by atoms with Gasteiger partial charge in [0.05, 0.1) is 13.7 Å². The van der Waals surface area contributed by atoms with Gasteiger partial charge in [0, 0.05) is 5.54 Å². The van der Waals surface area contributed by atoms with Gasteiger partial charge in [-0.1, -0.05) is 0 Å². The van der Waals surface area contributed by atoms with Crippen molar-refractivity contribution in [3.8, 4) is 0 Å². The smallest absolute Gasteiger partial charge is 0.411 e. The first kappa shape index (κ1) is 15.8. The number of amides is 1. The number of Topliss-reactive ketones (excluding diaryl/α,β-unsaturated/α-hetero) is 1. The molecule has 1 atom stereocenters. The summed E-state index contributed by atoms with van der Waals surface area (Å²) in [6.45, 7) is 5.30. The maximum Gasteiger partial charge on any atom is 0.411 e. The SMILES string of the molecule is COC(=O)C1CC2(CCC2)N(C(=O)OC(C)(C)C)CC1=O. The number of rotatable bonds is 1. The van der Waals surface area contributed by atoms with Crippen LogP contribution in [0.25, 0.3) is 0 Å². The second-order valence-corrected chi connectivity index (χ2v) is 6.89. The molecule has 0 radical (unpaired) electrons. The zero-order valence-electron chi connectivity index (χ0n) is 13.1. The Labute approximate surface area is 124 Å². The highest BCUT2D eigenvalue weighted by atomic mass is 16.6. The molecule has 0 N–H and O–H groups in total. The van der Waals surface area contributed by atoms with E-state index in [1.54, 1.807) is 20.8 Å². The maximum absolute atomic E-state index is 12.3. The second kappa shape index (κ2) is 5.31. The van der Waals surface area contributed by atoms with Gasteiger partial charge in [-0.3, -0.25) is 14.5 Å². The number of carbonyl (C=O) groups excluding carboxylic acids is 3. The van der Waals surface area contributed by atoms with Crippen molar-refractivity contribution in [3.05, 3.63) is 0 Å². The molecule has 1 heterocycles. The maximum atomic E-state index is 12.3. The Hall–Kier alpha value is -1.59. The average molecular weight is 297 g/mol. The number of hydrogen-bond donors (Lipinski definition) is 0. The molecule has 0 aromatic carbocycles. The first-order valence-electron chi connectivity index (χ1n) is 7.30. The van der Waals surface area contributed by atoms with Crippen LogP contribution in [0.4, 0.5) is 4.79 Å². The quantitative estimate of drug-likeness (QED) is 0.546. The van der Waals surface area contributed by atoms with Crippen LogP contribution >= 0.6 is 0 Å². The van der Waals surface area contributed by atoms with Crippen molar-refractivity contribution in [1.29, 1.82) is 0 Å². The molecule has 1 amide bonds. The molecule has 0 bridgehead atoms. The summed E-state index contributed by atoms with van der Waals surface area (Å²) in [5.41, 5.74) is -1.03. The van der Waals surface area contributed by atoms with Crippen LogP contribution in [0.1, 0.15) is 46.5 Å². The highest BCUT2D eigenvalue weighted by Crippen LogP contribution is 2.46. The number of likely N-dealkylation sites (tertiary alicyclic amines) is 1. The third kappa shape index (κ3) is 3.04. The fourth-order valence-corrected chi connectivity index (χ4v) is 3.03. The van der Waals surface area contributed by atoms with Gasteiger partial charge >= 0.3 is 12.1 Å². The summed E-state index contributed by atoms with van der Waals surface area (Å²) in [6.07, 6.45) is 2.46. The van der Waals surface area contributed by atoms with Gasteiger partial charge in [0.25, 0.3) is 0 Å². The minimum absolute atomic E-state index is 0.0747. The lowest BCUT2D eigenvalue weighted by Crippen LogP contribution is -2.64. The molecule has 2 rings (SSSR count). The Bertz CT molecular complexity index is 461. The normalized spacial score (nSPS) is 24.5. The van der Waals surface area contributed by atoms with Crippen molar-refractivity contribution in [1.82, 2.24) is 4.90 Å². The summed E-state index contributed by atoms with van der Waals surface area (Å²) >= 11 is 0. The predicted molar refractivity (Wildman–Crippen MR) is 74.7 cm³/mol. The zero-order chi connectivity index (χ0) is 15.8. The van der Waals surface area contributed by atoms with Crippen molar-refractivity contribution >= 4 is 17.8 Å². The van der Waals surface area contributed by atoms with E-state index in [1.165, 1.54) is 12.0 Å². The molecule has 2 aliphatic rings. The van der Waals surface area contributed by atoms with Crippen LogP contribution in [0.2, 0.25) is 0 Å². The van der Waals surface area contributed by atoms with Gasteiger partial charge in [-0.2, -0.15) is 0 Å². The lowest BCUT2D eigenvalue weighted by Gasteiger charge is -2.53. The summed E-state index contributed by atoms with van der Waals surface area (Å²) < 4.78 is 10.1. The van der Waals surface area contributed by atoms with Gasteiger partial charge in [0.1, 0.15) is 11.5 Å². The summed E-state index contributed by atoms with van der Waals surface area (Å²) in [6, 6.07) is 0. The van der Waals surface area contributed by atoms with Gasteiger partial charge in [0.2, 0.25) is 0 Å². The van der Waals surface area contributed by atoms with Gasteiger partial charge in [-0.05, 0) is 46.5 Å². The van der Waals surface area contributed by atoms with Gasteiger partial charge in [-0.25, -0.2) is 4.79 Å². The predicted octanol–water partition coefficient (Wildman–Crippen LogP) is 1.91. The van der Waals surface area contributed by atoms with Crippen LogP contribution in [0.15, 0.2) is 0 Å². The standard InChI is InChI=1S/C15H23NO5/c1-14(2,3)21-13(19)16-9-11(17)10(12(18)20-4)8-15(16)6-5-7-15/h10H,5-9H2,1-4H3. The highest BCUT2D eigenvalue weighted by molar-refractivity contribution is 6.02. The highest BCUT2D eigenvalue weighted by Gasteiger charge is 2.54. The molecular formula is C15H23NO5. The fraction of sp³-hybridized carbons (Fsp3) is 0.800. The zero-order valence-corrected chi connectivity index (χ0v) is 13.1. The van der Waals surface area contributed by atoms with E-state index in [0.29, 0.717) is 6.42 Å². The number of hydrogen-bond acceptors (Lipinski definition) is 5. The van der Waals surface area contributed by atoms with Crippen molar-refractivity contribution in [2.24, 2.45) is 5.92 Å². The van der Waals surface area contributed by atoms with E-state index < -0.39 is 29.1 Å². The Kier molecular flexibility index (Phi) is 4.00. The molecule has 1 aliphatic carbocycles. The number of esters is 1. The Morgan fingerprint density at radius 2 is 1.90 bits per heavy atom. The van der Waals surface area contributed by atoms with Gasteiger partial charge in [0.15, 0.2) is 5.78 Å². The molecule has 118 valence electrons. The molecular weight excluding hydrogens is 274 g/mol. The van der Waals surface area contributed by atoms with Crippen molar-refractivity contribution in [2.75, 3.05) is 13.7 Å². The van der Waals surface area contributed by atoms with Crippen LogP contribution in [-0.4, -0.2) is 47.5 Å². The first-order chi connectivity index (χ1) is 9.68. The molecule has 1 spiro atoms. The Morgan fingerprint density at radius 3 is 2.33 bits per heavy atom. The summed E-state index contributed by atoms with van der Waals surface area (Å²) in [5, 5.41) is 0. The largest absolute Gasteiger partial charge is 0.468 e. The van der Waals surface area contributed by atoms with E-state index in [1.807, 2.05) is 0 Å². The van der Waals surface area contributed by atoms with Crippen LogP contribution < -0.4 is 0 Å². The van der Waals surface area contributed by atoms with Crippen LogP contribution in [-0.2, 0) is 19.1 Å².